The zero-order chi connectivity index (χ0) is 16.9. The number of hydrogen-bond acceptors (Lipinski definition) is 3. The zero-order valence-corrected chi connectivity index (χ0v) is 13.5. The first-order valence-electron chi connectivity index (χ1n) is 7.98. The van der Waals surface area contributed by atoms with Crippen molar-refractivity contribution >= 4 is 17.5 Å². The third-order valence-corrected chi connectivity index (χ3v) is 3.84. The van der Waals surface area contributed by atoms with Gasteiger partial charge in [-0.2, -0.15) is 0 Å². The van der Waals surface area contributed by atoms with Crippen LogP contribution < -0.4 is 15.4 Å². The van der Waals surface area contributed by atoms with E-state index in [2.05, 4.69) is 10.6 Å². The lowest BCUT2D eigenvalue weighted by atomic mass is 10.1. The van der Waals surface area contributed by atoms with Crippen molar-refractivity contribution < 1.29 is 14.3 Å². The molecule has 5 heteroatoms. The van der Waals surface area contributed by atoms with Crippen LogP contribution in [-0.2, 0) is 11.2 Å². The maximum Gasteiger partial charge on any atom is 0.251 e. The minimum Gasteiger partial charge on any atom is -0.497 e. The van der Waals surface area contributed by atoms with Crippen LogP contribution in [0, 0.1) is 0 Å². The van der Waals surface area contributed by atoms with Gasteiger partial charge in [0, 0.05) is 17.3 Å². The number of amides is 2. The van der Waals surface area contributed by atoms with Gasteiger partial charge in [0.05, 0.1) is 13.5 Å². The summed E-state index contributed by atoms with van der Waals surface area (Å²) in [5.41, 5.74) is 2.16. The van der Waals surface area contributed by atoms with Crippen molar-refractivity contribution in [3.05, 3.63) is 59.7 Å². The van der Waals surface area contributed by atoms with Gasteiger partial charge in [-0.3, -0.25) is 9.59 Å². The van der Waals surface area contributed by atoms with Crippen molar-refractivity contribution in [2.24, 2.45) is 0 Å². The third kappa shape index (κ3) is 4.35. The van der Waals surface area contributed by atoms with E-state index in [4.69, 9.17) is 4.74 Å². The Labute approximate surface area is 141 Å². The summed E-state index contributed by atoms with van der Waals surface area (Å²) >= 11 is 0. The standard InChI is InChI=1S/C19H20N2O3/c1-24-17-4-2-3-13(11-17)12-18(22)20-15-7-5-14(6-8-15)19(23)21-16-9-10-16/h2-8,11,16H,9-10,12H2,1H3,(H,20,22)(H,21,23). The van der Waals surface area contributed by atoms with Gasteiger partial charge < -0.3 is 15.4 Å². The molecule has 0 unspecified atom stereocenters. The second-order valence-electron chi connectivity index (χ2n) is 5.90. The molecule has 1 saturated carbocycles. The summed E-state index contributed by atoms with van der Waals surface area (Å²) in [6.07, 6.45) is 2.38. The lowest BCUT2D eigenvalue weighted by molar-refractivity contribution is -0.115. The smallest absolute Gasteiger partial charge is 0.251 e. The van der Waals surface area contributed by atoms with E-state index >= 15 is 0 Å². The Morgan fingerprint density at radius 2 is 1.88 bits per heavy atom. The topological polar surface area (TPSA) is 67.4 Å². The maximum absolute atomic E-state index is 12.1. The molecule has 124 valence electrons. The predicted octanol–water partition coefficient (Wildman–Crippen LogP) is 2.77. The number of rotatable bonds is 6. The molecule has 5 nitrogen and oxygen atoms in total. The molecule has 2 N–H and O–H groups in total. The van der Waals surface area contributed by atoms with Crippen LogP contribution in [0.2, 0.25) is 0 Å². The first kappa shape index (κ1) is 16.1. The van der Waals surface area contributed by atoms with Gasteiger partial charge in [0.15, 0.2) is 0 Å². The molecule has 0 radical (unpaired) electrons. The summed E-state index contributed by atoms with van der Waals surface area (Å²) in [6.45, 7) is 0. The first-order chi connectivity index (χ1) is 11.6. The molecule has 0 bridgehead atoms. The molecule has 24 heavy (non-hydrogen) atoms. The van der Waals surface area contributed by atoms with Crippen molar-refractivity contribution in [3.8, 4) is 5.75 Å². The average molecular weight is 324 g/mol. The number of methoxy groups -OCH3 is 1. The molecule has 0 spiro atoms. The SMILES string of the molecule is COc1cccc(CC(=O)Nc2ccc(C(=O)NC3CC3)cc2)c1. The van der Waals surface area contributed by atoms with E-state index in [1.807, 2.05) is 24.3 Å². The normalized spacial score (nSPS) is 13.2. The van der Waals surface area contributed by atoms with Crippen LogP contribution in [-0.4, -0.2) is 25.0 Å². The highest BCUT2D eigenvalue weighted by atomic mass is 16.5. The quantitative estimate of drug-likeness (QED) is 0.858. The van der Waals surface area contributed by atoms with Crippen LogP contribution in [0.4, 0.5) is 5.69 Å². The number of benzene rings is 2. The Hall–Kier alpha value is -2.82. The minimum atomic E-state index is -0.113. The van der Waals surface area contributed by atoms with Gasteiger partial charge in [0.25, 0.3) is 5.91 Å². The van der Waals surface area contributed by atoms with E-state index in [9.17, 15) is 9.59 Å². The second-order valence-corrected chi connectivity index (χ2v) is 5.90. The van der Waals surface area contributed by atoms with E-state index in [1.54, 1.807) is 31.4 Å². The number of hydrogen-bond donors (Lipinski definition) is 2. The summed E-state index contributed by atoms with van der Waals surface area (Å²) < 4.78 is 5.15. The van der Waals surface area contributed by atoms with Crippen LogP contribution in [0.25, 0.3) is 0 Å². The fourth-order valence-electron chi connectivity index (χ4n) is 2.37. The van der Waals surface area contributed by atoms with Crippen LogP contribution in [0.5, 0.6) is 5.75 Å². The second kappa shape index (κ2) is 7.17. The zero-order valence-electron chi connectivity index (χ0n) is 13.5. The van der Waals surface area contributed by atoms with E-state index < -0.39 is 0 Å². The molecule has 0 aromatic heterocycles. The number of carbonyl (C=O) groups is 2. The first-order valence-corrected chi connectivity index (χ1v) is 7.98. The maximum atomic E-state index is 12.1. The number of carbonyl (C=O) groups excluding carboxylic acids is 2. The number of ether oxygens (including phenoxy) is 1. The highest BCUT2D eigenvalue weighted by Gasteiger charge is 2.23. The van der Waals surface area contributed by atoms with Gasteiger partial charge in [-0.1, -0.05) is 12.1 Å². The summed E-state index contributed by atoms with van der Waals surface area (Å²) in [4.78, 5) is 24.0. The number of nitrogens with one attached hydrogen (secondary N) is 2. The molecule has 0 heterocycles. The van der Waals surface area contributed by atoms with Crippen LogP contribution in [0.1, 0.15) is 28.8 Å². The fourth-order valence-corrected chi connectivity index (χ4v) is 2.37. The van der Waals surface area contributed by atoms with Crippen molar-refractivity contribution in [3.63, 3.8) is 0 Å². The average Bonchev–Trinajstić information content (AvgIpc) is 3.39. The third-order valence-electron chi connectivity index (χ3n) is 3.84. The van der Waals surface area contributed by atoms with E-state index in [1.165, 1.54) is 0 Å². The Bertz CT molecular complexity index is 737. The molecule has 1 aliphatic rings. The molecule has 1 aliphatic carbocycles. The Morgan fingerprint density at radius 3 is 2.54 bits per heavy atom. The molecule has 1 fully saturated rings. The molecular weight excluding hydrogens is 304 g/mol. The molecule has 2 aromatic carbocycles. The summed E-state index contributed by atoms with van der Waals surface area (Å²) in [5.74, 6) is 0.552. The Morgan fingerprint density at radius 1 is 1.12 bits per heavy atom. The van der Waals surface area contributed by atoms with E-state index in [-0.39, 0.29) is 18.2 Å². The molecule has 0 atom stereocenters. The predicted molar refractivity (Wildman–Crippen MR) is 92.3 cm³/mol. The fraction of sp³-hybridized carbons (Fsp3) is 0.263. The van der Waals surface area contributed by atoms with Crippen LogP contribution >= 0.6 is 0 Å². The highest BCUT2D eigenvalue weighted by molar-refractivity contribution is 5.96. The van der Waals surface area contributed by atoms with Crippen molar-refractivity contribution in [2.75, 3.05) is 12.4 Å². The van der Waals surface area contributed by atoms with E-state index in [0.717, 1.165) is 24.2 Å². The van der Waals surface area contributed by atoms with Crippen LogP contribution in [0.3, 0.4) is 0 Å². The molecule has 2 amide bonds. The molecule has 3 rings (SSSR count). The van der Waals surface area contributed by atoms with Gasteiger partial charge in [-0.15, -0.1) is 0 Å². The Kier molecular flexibility index (Phi) is 4.79. The lowest BCUT2D eigenvalue weighted by Gasteiger charge is -2.08. The Balaban J connectivity index is 1.56. The molecular formula is C19H20N2O3. The summed E-state index contributed by atoms with van der Waals surface area (Å²) in [5, 5.41) is 5.77. The summed E-state index contributed by atoms with van der Waals surface area (Å²) in [6, 6.07) is 14.7. The van der Waals surface area contributed by atoms with Gasteiger partial charge in [-0.25, -0.2) is 0 Å². The molecule has 0 saturated heterocycles. The van der Waals surface area contributed by atoms with Gasteiger partial charge in [-0.05, 0) is 54.8 Å². The van der Waals surface area contributed by atoms with Crippen molar-refractivity contribution in [1.82, 2.24) is 5.32 Å². The van der Waals surface area contributed by atoms with Gasteiger partial charge in [0.2, 0.25) is 5.91 Å². The van der Waals surface area contributed by atoms with Crippen molar-refractivity contribution in [2.45, 2.75) is 25.3 Å². The van der Waals surface area contributed by atoms with E-state index in [0.29, 0.717) is 17.3 Å². The number of anilines is 1. The lowest BCUT2D eigenvalue weighted by Crippen LogP contribution is -2.25. The molecule has 2 aromatic rings. The van der Waals surface area contributed by atoms with Crippen LogP contribution in [0.15, 0.2) is 48.5 Å². The summed E-state index contributed by atoms with van der Waals surface area (Å²) in [7, 11) is 1.60. The minimum absolute atomic E-state index is 0.0632. The monoisotopic (exact) mass is 324 g/mol. The van der Waals surface area contributed by atoms with Crippen molar-refractivity contribution in [1.29, 1.82) is 0 Å². The van der Waals surface area contributed by atoms with Gasteiger partial charge >= 0.3 is 0 Å². The largest absolute Gasteiger partial charge is 0.497 e. The highest BCUT2D eigenvalue weighted by Crippen LogP contribution is 2.20. The molecule has 0 aliphatic heterocycles. The van der Waals surface area contributed by atoms with Gasteiger partial charge in [0.1, 0.15) is 5.75 Å².